The van der Waals surface area contributed by atoms with E-state index in [1.807, 2.05) is 0 Å². The molecule has 10 nitrogen and oxygen atoms in total. The average molecular weight is 452 g/mol. The molecule has 0 amide bonds. The lowest BCUT2D eigenvalue weighted by Gasteiger charge is -2.40. The fourth-order valence-corrected chi connectivity index (χ4v) is 3.87. The fourth-order valence-electron chi connectivity index (χ4n) is 3.69. The van der Waals surface area contributed by atoms with Crippen molar-refractivity contribution in [3.63, 3.8) is 0 Å². The van der Waals surface area contributed by atoms with Crippen molar-refractivity contribution < 1.29 is 30.3 Å². The molecule has 1 aromatic carbocycles. The van der Waals surface area contributed by atoms with Crippen molar-refractivity contribution >= 4 is 17.2 Å². The number of rotatable bonds is 5. The van der Waals surface area contributed by atoms with Gasteiger partial charge in [0.25, 0.3) is 0 Å². The zero-order chi connectivity index (χ0) is 22.3. The Morgan fingerprint density at radius 2 is 1.84 bits per heavy atom. The monoisotopic (exact) mass is 451 g/mol. The molecule has 3 aromatic rings. The highest BCUT2D eigenvalue weighted by Gasteiger charge is 2.44. The number of hydrogen-bond acceptors (Lipinski definition) is 8. The van der Waals surface area contributed by atoms with Crippen LogP contribution in [0.25, 0.3) is 5.65 Å². The Kier molecular flexibility index (Phi) is 6.13. The minimum Gasteiger partial charge on any atom is -0.394 e. The van der Waals surface area contributed by atoms with E-state index in [0.29, 0.717) is 27.4 Å². The molecule has 0 radical (unpaired) electrons. The van der Waals surface area contributed by atoms with Crippen LogP contribution in [-0.4, -0.2) is 70.7 Å². The number of aliphatic hydroxyl groups excluding tert-OH is 5. The largest absolute Gasteiger partial charge is 0.394 e. The molecule has 0 saturated carbocycles. The summed E-state index contributed by atoms with van der Waals surface area (Å²) in [4.78, 5) is 12.7. The molecule has 2 aromatic heterocycles. The highest BCUT2D eigenvalue weighted by Crippen LogP contribution is 2.34. The Labute approximate surface area is 181 Å². The summed E-state index contributed by atoms with van der Waals surface area (Å²) in [7, 11) is 0. The summed E-state index contributed by atoms with van der Waals surface area (Å²) in [5.74, 6) is 0. The maximum absolute atomic E-state index is 12.7. The van der Waals surface area contributed by atoms with Crippen LogP contribution in [0.2, 0.25) is 5.02 Å². The molecule has 1 fully saturated rings. The molecule has 0 unspecified atom stereocenters. The van der Waals surface area contributed by atoms with Crippen LogP contribution in [0.4, 0.5) is 0 Å². The lowest BCUT2D eigenvalue weighted by atomic mass is 9.90. The number of aliphatic hydroxyl groups is 5. The zero-order valence-electron chi connectivity index (χ0n) is 16.2. The molecule has 1 aliphatic rings. The van der Waals surface area contributed by atoms with Gasteiger partial charge in [0.15, 0.2) is 5.65 Å². The predicted octanol–water partition coefficient (Wildman–Crippen LogP) is -0.795. The Morgan fingerprint density at radius 3 is 2.55 bits per heavy atom. The first kappa shape index (κ1) is 21.9. The number of nitrogens with zero attached hydrogens (tertiary/aromatic N) is 3. The summed E-state index contributed by atoms with van der Waals surface area (Å²) in [6.45, 7) is -0.714. The van der Waals surface area contributed by atoms with Gasteiger partial charge in [-0.3, -0.25) is 0 Å². The lowest BCUT2D eigenvalue weighted by Crippen LogP contribution is -2.55. The van der Waals surface area contributed by atoms with Crippen molar-refractivity contribution in [1.82, 2.24) is 14.2 Å². The van der Waals surface area contributed by atoms with Gasteiger partial charge in [-0.15, -0.1) is 5.10 Å². The van der Waals surface area contributed by atoms with Crippen molar-refractivity contribution in [2.45, 2.75) is 43.7 Å². The summed E-state index contributed by atoms with van der Waals surface area (Å²) in [5, 5.41) is 53.7. The summed E-state index contributed by atoms with van der Waals surface area (Å²) >= 11 is 6.31. The molecule has 4 rings (SSSR count). The second-order valence-electron chi connectivity index (χ2n) is 7.46. The number of aromatic nitrogens is 3. The van der Waals surface area contributed by atoms with Crippen LogP contribution in [0.1, 0.15) is 22.8 Å². The fraction of sp³-hybridized carbons (Fsp3) is 0.400. The number of benzene rings is 1. The topological polar surface area (TPSA) is 150 Å². The maximum atomic E-state index is 12.7. The Hall–Kier alpha value is -2.31. The first-order chi connectivity index (χ1) is 14.8. The van der Waals surface area contributed by atoms with Crippen LogP contribution in [0.3, 0.4) is 0 Å². The van der Waals surface area contributed by atoms with Gasteiger partial charge < -0.3 is 30.3 Å². The van der Waals surface area contributed by atoms with Crippen LogP contribution in [0, 0.1) is 0 Å². The van der Waals surface area contributed by atoms with Crippen molar-refractivity contribution in [3.8, 4) is 0 Å². The molecule has 1 aliphatic heterocycles. The molecule has 0 bridgehead atoms. The minimum atomic E-state index is -1.50. The molecule has 0 aliphatic carbocycles. The number of fused-ring (bicyclic) bond motifs is 1. The molecule has 5 atom stereocenters. The summed E-state index contributed by atoms with van der Waals surface area (Å²) in [6, 6.07) is 8.07. The third-order valence-electron chi connectivity index (χ3n) is 5.43. The molecular weight excluding hydrogens is 430 g/mol. The van der Waals surface area contributed by atoms with Gasteiger partial charge in [-0.05, 0) is 34.9 Å². The van der Waals surface area contributed by atoms with Gasteiger partial charge >= 0.3 is 5.69 Å². The van der Waals surface area contributed by atoms with E-state index in [9.17, 15) is 30.3 Å². The smallest absolute Gasteiger partial charge is 0.350 e. The molecule has 1 saturated heterocycles. The lowest BCUT2D eigenvalue weighted by molar-refractivity contribution is -0.231. The maximum Gasteiger partial charge on any atom is 0.350 e. The highest BCUT2D eigenvalue weighted by atomic mass is 35.5. The third-order valence-corrected chi connectivity index (χ3v) is 5.80. The van der Waals surface area contributed by atoms with Crippen molar-refractivity contribution in [2.24, 2.45) is 0 Å². The van der Waals surface area contributed by atoms with E-state index in [1.54, 1.807) is 30.3 Å². The zero-order valence-corrected chi connectivity index (χ0v) is 17.0. The number of pyridine rings is 1. The van der Waals surface area contributed by atoms with Gasteiger partial charge in [0.05, 0.1) is 19.8 Å². The quantitative estimate of drug-likeness (QED) is 0.338. The van der Waals surface area contributed by atoms with E-state index in [2.05, 4.69) is 5.10 Å². The molecule has 166 valence electrons. The Balaban J connectivity index is 1.67. The number of ether oxygens (including phenoxy) is 1. The van der Waals surface area contributed by atoms with Crippen molar-refractivity contribution in [1.29, 1.82) is 0 Å². The van der Waals surface area contributed by atoms with Gasteiger partial charge in [0.1, 0.15) is 30.5 Å². The third kappa shape index (κ3) is 3.99. The molecular formula is C20H22ClN3O7. The van der Waals surface area contributed by atoms with Crippen LogP contribution in [0.15, 0.2) is 41.3 Å². The van der Waals surface area contributed by atoms with E-state index in [4.69, 9.17) is 16.3 Å². The van der Waals surface area contributed by atoms with Crippen LogP contribution >= 0.6 is 11.6 Å². The number of halogens is 1. The van der Waals surface area contributed by atoms with Gasteiger partial charge in [0.2, 0.25) is 0 Å². The van der Waals surface area contributed by atoms with Crippen LogP contribution in [-0.2, 0) is 17.9 Å². The summed E-state index contributed by atoms with van der Waals surface area (Å²) in [5.41, 5.74) is 1.53. The Bertz CT molecular complexity index is 1150. The predicted molar refractivity (Wildman–Crippen MR) is 109 cm³/mol. The summed E-state index contributed by atoms with van der Waals surface area (Å²) < 4.78 is 8.13. The molecule has 0 spiro atoms. The van der Waals surface area contributed by atoms with Gasteiger partial charge in [0, 0.05) is 11.2 Å². The Morgan fingerprint density at radius 1 is 1.06 bits per heavy atom. The highest BCUT2D eigenvalue weighted by molar-refractivity contribution is 6.31. The van der Waals surface area contributed by atoms with Gasteiger partial charge in [-0.1, -0.05) is 23.7 Å². The van der Waals surface area contributed by atoms with E-state index in [-0.39, 0.29) is 13.2 Å². The molecule has 3 heterocycles. The van der Waals surface area contributed by atoms with Gasteiger partial charge in [-0.25, -0.2) is 13.9 Å². The standard InChI is InChI=1S/C20H22ClN3O7/c21-13-3-2-11(19-18(29)17(28)16(27)14(9-26)31-19)5-12(13)7-24-20(30)23-6-10(8-25)1-4-15(23)22-24/h1-6,14,16-19,25-29H,7-9H2/t14-,16-,17+,18-,19+/m1/s1. The van der Waals surface area contributed by atoms with E-state index in [1.165, 1.54) is 15.3 Å². The SMILES string of the molecule is O=c1n(Cc2cc([C@@H]3O[C@H](CO)[C@@H](O)[C@H](O)[C@H]3O)ccc2Cl)nc2ccc(CO)cn12. The van der Waals surface area contributed by atoms with E-state index < -0.39 is 42.8 Å². The second-order valence-corrected chi connectivity index (χ2v) is 7.87. The average Bonchev–Trinajstić information content (AvgIpc) is 3.08. The van der Waals surface area contributed by atoms with Crippen molar-refractivity contribution in [3.05, 3.63) is 68.7 Å². The molecule has 31 heavy (non-hydrogen) atoms. The second kappa shape index (κ2) is 8.67. The number of hydrogen-bond donors (Lipinski definition) is 5. The van der Waals surface area contributed by atoms with Crippen LogP contribution in [0.5, 0.6) is 0 Å². The molecule has 11 heteroatoms. The minimum absolute atomic E-state index is 0.0269. The van der Waals surface area contributed by atoms with E-state index in [0.717, 1.165) is 0 Å². The summed E-state index contributed by atoms with van der Waals surface area (Å²) in [6.07, 6.45) is -4.93. The van der Waals surface area contributed by atoms with Crippen molar-refractivity contribution in [2.75, 3.05) is 6.61 Å². The molecule has 5 N–H and O–H groups in total. The first-order valence-electron chi connectivity index (χ1n) is 9.62. The van der Waals surface area contributed by atoms with Gasteiger partial charge in [-0.2, -0.15) is 0 Å². The van der Waals surface area contributed by atoms with Crippen LogP contribution < -0.4 is 5.69 Å². The first-order valence-corrected chi connectivity index (χ1v) is 9.99. The normalized spacial score (nSPS) is 26.5. The van der Waals surface area contributed by atoms with E-state index >= 15 is 0 Å².